The van der Waals surface area contributed by atoms with Gasteiger partial charge in [0, 0.05) is 11.3 Å². The largest absolute Gasteiger partial charge is 0.455 e. The van der Waals surface area contributed by atoms with Gasteiger partial charge in [0.2, 0.25) is 5.91 Å². The number of hydrogen-bond acceptors (Lipinski definition) is 4. The number of carbonyl (C=O) groups is 3. The first-order valence-electron chi connectivity index (χ1n) is 8.35. The molecular formula is C21H18N2O4. The van der Waals surface area contributed by atoms with Gasteiger partial charge in [-0.1, -0.05) is 42.5 Å². The molecule has 0 unspecified atom stereocenters. The first-order valence-corrected chi connectivity index (χ1v) is 8.35. The van der Waals surface area contributed by atoms with E-state index in [1.165, 1.54) is 12.1 Å². The maximum Gasteiger partial charge on any atom is 0.310 e. The molecule has 0 aliphatic rings. The van der Waals surface area contributed by atoms with Crippen molar-refractivity contribution in [3.63, 3.8) is 0 Å². The third-order valence-corrected chi connectivity index (χ3v) is 4.03. The van der Waals surface area contributed by atoms with Crippen molar-refractivity contribution in [3.05, 3.63) is 77.9 Å². The average molecular weight is 362 g/mol. The number of carbonyl (C=O) groups excluding carboxylic acids is 3. The molecule has 0 aliphatic heterocycles. The molecule has 3 aromatic carbocycles. The van der Waals surface area contributed by atoms with Crippen molar-refractivity contribution >= 4 is 34.2 Å². The molecule has 0 saturated heterocycles. The van der Waals surface area contributed by atoms with Crippen molar-refractivity contribution in [1.82, 2.24) is 0 Å². The molecule has 0 bridgehead atoms. The molecule has 6 heteroatoms. The van der Waals surface area contributed by atoms with Crippen molar-refractivity contribution in [2.75, 3.05) is 11.9 Å². The van der Waals surface area contributed by atoms with Crippen LogP contribution in [0.3, 0.4) is 0 Å². The SMILES string of the molecule is NC(=O)c1ccc(NC(=O)COC(=O)Cc2cccc3ccccc23)cc1. The third kappa shape index (κ3) is 4.70. The Morgan fingerprint density at radius 3 is 2.33 bits per heavy atom. The zero-order valence-electron chi connectivity index (χ0n) is 14.5. The molecule has 3 aromatic rings. The van der Waals surface area contributed by atoms with Crippen molar-refractivity contribution in [1.29, 1.82) is 0 Å². The van der Waals surface area contributed by atoms with Crippen LogP contribution in [0.4, 0.5) is 5.69 Å². The Kier molecular flexibility index (Phi) is 5.47. The molecule has 2 amide bonds. The van der Waals surface area contributed by atoms with Gasteiger partial charge in [-0.25, -0.2) is 0 Å². The number of esters is 1. The van der Waals surface area contributed by atoms with Gasteiger partial charge in [0.25, 0.3) is 5.91 Å². The average Bonchev–Trinajstić information content (AvgIpc) is 2.67. The Hall–Kier alpha value is -3.67. The third-order valence-electron chi connectivity index (χ3n) is 4.03. The lowest BCUT2D eigenvalue weighted by atomic mass is 10.0. The highest BCUT2D eigenvalue weighted by Crippen LogP contribution is 2.19. The highest BCUT2D eigenvalue weighted by Gasteiger charge is 2.11. The molecule has 6 nitrogen and oxygen atoms in total. The van der Waals surface area contributed by atoms with Crippen LogP contribution >= 0.6 is 0 Å². The Labute approximate surface area is 155 Å². The summed E-state index contributed by atoms with van der Waals surface area (Å²) in [6.07, 6.45) is 0.0853. The number of benzene rings is 3. The lowest BCUT2D eigenvalue weighted by Crippen LogP contribution is -2.21. The lowest BCUT2D eigenvalue weighted by molar-refractivity contribution is -0.146. The van der Waals surface area contributed by atoms with Gasteiger partial charge in [0.05, 0.1) is 6.42 Å². The summed E-state index contributed by atoms with van der Waals surface area (Å²) >= 11 is 0. The number of anilines is 1. The van der Waals surface area contributed by atoms with Crippen LogP contribution in [0.2, 0.25) is 0 Å². The van der Waals surface area contributed by atoms with E-state index in [1.54, 1.807) is 12.1 Å². The Balaban J connectivity index is 1.54. The van der Waals surface area contributed by atoms with Crippen LogP contribution in [0.1, 0.15) is 15.9 Å². The maximum absolute atomic E-state index is 12.1. The van der Waals surface area contributed by atoms with E-state index in [0.717, 1.165) is 16.3 Å². The smallest absolute Gasteiger partial charge is 0.310 e. The summed E-state index contributed by atoms with van der Waals surface area (Å²) in [4.78, 5) is 35.0. The number of rotatable bonds is 6. The van der Waals surface area contributed by atoms with Crippen LogP contribution in [0, 0.1) is 0 Å². The molecule has 0 heterocycles. The summed E-state index contributed by atoms with van der Waals surface area (Å²) in [6.45, 7) is -0.388. The summed E-state index contributed by atoms with van der Waals surface area (Å²) in [5.41, 5.74) is 6.83. The van der Waals surface area contributed by atoms with Crippen molar-refractivity contribution < 1.29 is 19.1 Å². The Morgan fingerprint density at radius 2 is 1.59 bits per heavy atom. The van der Waals surface area contributed by atoms with Gasteiger partial charge in [-0.2, -0.15) is 0 Å². The van der Waals surface area contributed by atoms with Crippen LogP contribution in [0.25, 0.3) is 10.8 Å². The zero-order chi connectivity index (χ0) is 19.2. The fourth-order valence-corrected chi connectivity index (χ4v) is 2.71. The first kappa shape index (κ1) is 18.1. The number of primary amides is 1. The summed E-state index contributed by atoms with van der Waals surface area (Å²) in [5, 5.41) is 4.61. The summed E-state index contributed by atoms with van der Waals surface area (Å²) in [7, 11) is 0. The number of fused-ring (bicyclic) bond motifs is 1. The van der Waals surface area contributed by atoms with Crippen molar-refractivity contribution in [2.24, 2.45) is 5.73 Å². The standard InChI is InChI=1S/C21H18N2O4/c22-21(26)15-8-10-17(11-9-15)23-19(24)13-27-20(25)12-16-6-3-5-14-4-1-2-7-18(14)16/h1-11H,12-13H2,(H2,22,26)(H,23,24). The molecular weight excluding hydrogens is 344 g/mol. The minimum absolute atomic E-state index is 0.0853. The van der Waals surface area contributed by atoms with Crippen molar-refractivity contribution in [2.45, 2.75) is 6.42 Å². The molecule has 0 spiro atoms. The van der Waals surface area contributed by atoms with Crippen molar-refractivity contribution in [3.8, 4) is 0 Å². The summed E-state index contributed by atoms with van der Waals surface area (Å²) < 4.78 is 5.07. The molecule has 3 N–H and O–H groups in total. The predicted molar refractivity (Wildman–Crippen MR) is 102 cm³/mol. The minimum Gasteiger partial charge on any atom is -0.455 e. The summed E-state index contributed by atoms with van der Waals surface area (Å²) in [6, 6.07) is 19.6. The van der Waals surface area contributed by atoms with Gasteiger partial charge in [0.15, 0.2) is 6.61 Å². The van der Waals surface area contributed by atoms with Gasteiger partial charge < -0.3 is 15.8 Å². The highest BCUT2D eigenvalue weighted by atomic mass is 16.5. The number of hydrogen-bond donors (Lipinski definition) is 2. The Morgan fingerprint density at radius 1 is 0.889 bits per heavy atom. The lowest BCUT2D eigenvalue weighted by Gasteiger charge is -2.08. The highest BCUT2D eigenvalue weighted by molar-refractivity contribution is 5.96. The van der Waals surface area contributed by atoms with Gasteiger partial charge >= 0.3 is 5.97 Å². The van der Waals surface area contributed by atoms with Crippen LogP contribution < -0.4 is 11.1 Å². The van der Waals surface area contributed by atoms with E-state index in [2.05, 4.69) is 5.32 Å². The predicted octanol–water partition coefficient (Wildman–Crippen LogP) is 2.66. The molecule has 27 heavy (non-hydrogen) atoms. The van der Waals surface area contributed by atoms with E-state index in [1.807, 2.05) is 42.5 Å². The van der Waals surface area contributed by atoms with Crippen LogP contribution in [-0.4, -0.2) is 24.4 Å². The van der Waals surface area contributed by atoms with E-state index in [0.29, 0.717) is 11.3 Å². The van der Waals surface area contributed by atoms with Crippen LogP contribution in [0.5, 0.6) is 0 Å². The molecule has 0 atom stereocenters. The molecule has 0 aromatic heterocycles. The minimum atomic E-state index is -0.546. The topological polar surface area (TPSA) is 98.5 Å². The summed E-state index contributed by atoms with van der Waals surface area (Å²) in [5.74, 6) is -1.49. The second-order valence-corrected chi connectivity index (χ2v) is 5.97. The van der Waals surface area contributed by atoms with Crippen LogP contribution in [0.15, 0.2) is 66.7 Å². The molecule has 0 fully saturated rings. The van der Waals surface area contributed by atoms with E-state index in [-0.39, 0.29) is 13.0 Å². The molecule has 136 valence electrons. The van der Waals surface area contributed by atoms with Gasteiger partial charge in [0.1, 0.15) is 0 Å². The second kappa shape index (κ2) is 8.14. The number of nitrogens with one attached hydrogen (secondary N) is 1. The van der Waals surface area contributed by atoms with Gasteiger partial charge in [-0.05, 0) is 40.6 Å². The van der Waals surface area contributed by atoms with Gasteiger partial charge in [-0.15, -0.1) is 0 Å². The molecule has 0 saturated carbocycles. The van der Waals surface area contributed by atoms with E-state index >= 15 is 0 Å². The number of amides is 2. The fraction of sp³-hybridized carbons (Fsp3) is 0.0952. The molecule has 0 radical (unpaired) electrons. The molecule has 3 rings (SSSR count). The second-order valence-electron chi connectivity index (χ2n) is 5.97. The van der Waals surface area contributed by atoms with Gasteiger partial charge in [-0.3, -0.25) is 14.4 Å². The molecule has 0 aliphatic carbocycles. The van der Waals surface area contributed by atoms with Crippen LogP contribution in [-0.2, 0) is 20.7 Å². The fourth-order valence-electron chi connectivity index (χ4n) is 2.71. The number of ether oxygens (including phenoxy) is 1. The van der Waals surface area contributed by atoms with E-state index in [4.69, 9.17) is 10.5 Å². The van der Waals surface area contributed by atoms with E-state index in [9.17, 15) is 14.4 Å². The monoisotopic (exact) mass is 362 g/mol. The zero-order valence-corrected chi connectivity index (χ0v) is 14.5. The first-order chi connectivity index (χ1) is 13.0. The Bertz CT molecular complexity index is 991. The maximum atomic E-state index is 12.1. The van der Waals surface area contributed by atoms with E-state index < -0.39 is 17.8 Å². The normalized spacial score (nSPS) is 10.4. The quantitative estimate of drug-likeness (QED) is 0.659. The number of nitrogens with two attached hydrogens (primary N) is 1.